The van der Waals surface area contributed by atoms with Crippen LogP contribution in [-0.2, 0) is 0 Å². The van der Waals surface area contributed by atoms with Gasteiger partial charge in [-0.25, -0.2) is 5.43 Å². The molecule has 0 aliphatic rings. The van der Waals surface area contributed by atoms with Crippen LogP contribution in [0.25, 0.3) is 0 Å². The Morgan fingerprint density at radius 2 is 1.55 bits per heavy atom. The third-order valence-electron chi connectivity index (χ3n) is 4.27. The van der Waals surface area contributed by atoms with Crippen LogP contribution in [0.5, 0.6) is 0 Å². The number of amides is 2. The molecule has 3 rings (SSSR count). The number of nitrogens with zero attached hydrogens (tertiary/aromatic N) is 2. The molecule has 0 spiro atoms. The first-order chi connectivity index (χ1) is 14.8. The number of nitro benzene ring substituents is 1. The maximum Gasteiger partial charge on any atom is 0.271 e. The zero-order chi connectivity index (χ0) is 22.4. The lowest BCUT2D eigenvalue weighted by atomic mass is 10.1. The molecule has 0 saturated heterocycles. The van der Waals surface area contributed by atoms with Crippen LogP contribution in [0, 0.1) is 10.1 Å². The number of carbonyl (C=O) groups is 2. The quantitative estimate of drug-likeness (QED) is 0.332. The highest BCUT2D eigenvalue weighted by molar-refractivity contribution is 6.31. The number of nitrogens with one attached hydrogen (secondary N) is 2. The van der Waals surface area contributed by atoms with Crippen molar-refractivity contribution in [1.29, 1.82) is 0 Å². The lowest BCUT2D eigenvalue weighted by Crippen LogP contribution is -2.19. The molecule has 0 saturated carbocycles. The Morgan fingerprint density at radius 1 is 0.903 bits per heavy atom. The second kappa shape index (κ2) is 9.64. The number of halogens is 1. The van der Waals surface area contributed by atoms with E-state index in [1.54, 1.807) is 55.5 Å². The Labute approximate surface area is 182 Å². The number of hydrogen-bond donors (Lipinski definition) is 2. The molecular weight excluding hydrogens is 420 g/mol. The Balaban J connectivity index is 1.70. The molecule has 0 atom stereocenters. The summed E-state index contributed by atoms with van der Waals surface area (Å²) in [6, 6.07) is 18.9. The fourth-order valence-corrected chi connectivity index (χ4v) is 2.87. The fraction of sp³-hybridized carbons (Fsp3) is 0.0455. The van der Waals surface area contributed by atoms with Crippen LogP contribution in [-0.4, -0.2) is 22.4 Å². The van der Waals surface area contributed by atoms with E-state index in [2.05, 4.69) is 15.8 Å². The molecule has 0 aliphatic heterocycles. The Morgan fingerprint density at radius 3 is 2.26 bits per heavy atom. The largest absolute Gasteiger partial charge is 0.322 e. The summed E-state index contributed by atoms with van der Waals surface area (Å²) >= 11 is 5.92. The highest BCUT2D eigenvalue weighted by Gasteiger charge is 2.11. The third kappa shape index (κ3) is 5.74. The number of non-ortho nitro benzene ring substituents is 1. The van der Waals surface area contributed by atoms with Crippen molar-refractivity contribution in [2.75, 3.05) is 5.32 Å². The molecule has 0 unspecified atom stereocenters. The van der Waals surface area contributed by atoms with Crippen molar-refractivity contribution in [3.63, 3.8) is 0 Å². The van der Waals surface area contributed by atoms with Gasteiger partial charge in [-0.2, -0.15) is 5.10 Å². The molecule has 9 heteroatoms. The fourth-order valence-electron chi connectivity index (χ4n) is 2.68. The topological polar surface area (TPSA) is 114 Å². The number of carbonyl (C=O) groups excluding carboxylic acids is 2. The Bertz CT molecular complexity index is 1190. The predicted molar refractivity (Wildman–Crippen MR) is 119 cm³/mol. The standard InChI is InChI=1S/C22H17ClN4O4/c1-14(25-26-22(29)17-7-4-10-20(13-17)27(30)31)15-5-3-9-19(12-15)24-21(28)16-6-2-8-18(23)11-16/h2-13H,1H3,(H,24,28)(H,26,29)/b25-14-. The van der Waals surface area contributed by atoms with Crippen LogP contribution in [0.15, 0.2) is 77.9 Å². The van der Waals surface area contributed by atoms with E-state index >= 15 is 0 Å². The first-order valence-electron chi connectivity index (χ1n) is 9.10. The first-order valence-corrected chi connectivity index (χ1v) is 9.48. The number of benzene rings is 3. The highest BCUT2D eigenvalue weighted by Crippen LogP contribution is 2.16. The van der Waals surface area contributed by atoms with Crippen molar-refractivity contribution in [3.8, 4) is 0 Å². The van der Waals surface area contributed by atoms with Crippen molar-refractivity contribution < 1.29 is 14.5 Å². The summed E-state index contributed by atoms with van der Waals surface area (Å²) in [7, 11) is 0. The van der Waals surface area contributed by atoms with Gasteiger partial charge in [0.25, 0.3) is 17.5 Å². The van der Waals surface area contributed by atoms with E-state index in [0.29, 0.717) is 27.5 Å². The van der Waals surface area contributed by atoms with Gasteiger partial charge in [-0.1, -0.05) is 35.9 Å². The molecule has 2 amide bonds. The molecule has 2 N–H and O–H groups in total. The van der Waals surface area contributed by atoms with E-state index in [1.165, 1.54) is 24.3 Å². The summed E-state index contributed by atoms with van der Waals surface area (Å²) in [5.41, 5.74) is 4.44. The molecule has 0 aromatic heterocycles. The minimum Gasteiger partial charge on any atom is -0.322 e. The number of hydrogen-bond acceptors (Lipinski definition) is 5. The Kier molecular flexibility index (Phi) is 6.74. The average Bonchev–Trinajstić information content (AvgIpc) is 2.77. The van der Waals surface area contributed by atoms with Gasteiger partial charge in [-0.05, 0) is 48.9 Å². The van der Waals surface area contributed by atoms with Gasteiger partial charge in [-0.3, -0.25) is 19.7 Å². The average molecular weight is 437 g/mol. The molecule has 0 radical (unpaired) electrons. The highest BCUT2D eigenvalue weighted by atomic mass is 35.5. The van der Waals surface area contributed by atoms with Gasteiger partial charge in [0.05, 0.1) is 10.6 Å². The lowest BCUT2D eigenvalue weighted by Gasteiger charge is -2.08. The summed E-state index contributed by atoms with van der Waals surface area (Å²) in [4.78, 5) is 34.9. The molecule has 0 aliphatic carbocycles. The van der Waals surface area contributed by atoms with E-state index < -0.39 is 10.8 Å². The molecule has 8 nitrogen and oxygen atoms in total. The maximum absolute atomic E-state index is 12.4. The summed E-state index contributed by atoms with van der Waals surface area (Å²) in [6.45, 7) is 1.69. The smallest absolute Gasteiger partial charge is 0.271 e. The normalized spacial score (nSPS) is 11.0. The van der Waals surface area contributed by atoms with Crippen molar-refractivity contribution in [2.45, 2.75) is 6.92 Å². The first kappa shape index (κ1) is 21.7. The van der Waals surface area contributed by atoms with Crippen LogP contribution in [0.3, 0.4) is 0 Å². The van der Waals surface area contributed by atoms with Gasteiger partial charge in [0.2, 0.25) is 0 Å². The number of hydrazone groups is 1. The zero-order valence-corrected chi connectivity index (χ0v) is 17.1. The second-order valence-electron chi connectivity index (χ2n) is 6.49. The van der Waals surface area contributed by atoms with Crippen molar-refractivity contribution >= 4 is 40.5 Å². The van der Waals surface area contributed by atoms with Gasteiger partial charge in [-0.15, -0.1) is 0 Å². The maximum atomic E-state index is 12.4. The SMILES string of the molecule is C/C(=N/NC(=O)c1cccc([N+](=O)[O-])c1)c1cccc(NC(=O)c2cccc(Cl)c2)c1. The lowest BCUT2D eigenvalue weighted by molar-refractivity contribution is -0.384. The molecule has 156 valence electrons. The van der Waals surface area contributed by atoms with Crippen LogP contribution >= 0.6 is 11.6 Å². The number of rotatable bonds is 6. The summed E-state index contributed by atoms with van der Waals surface area (Å²) in [6.07, 6.45) is 0. The van der Waals surface area contributed by atoms with Crippen LogP contribution in [0.4, 0.5) is 11.4 Å². The molecule has 31 heavy (non-hydrogen) atoms. The molecular formula is C22H17ClN4O4. The zero-order valence-electron chi connectivity index (χ0n) is 16.3. The van der Waals surface area contributed by atoms with Crippen molar-refractivity contribution in [3.05, 3.63) is 105 Å². The summed E-state index contributed by atoms with van der Waals surface area (Å²) in [5, 5.41) is 18.2. The van der Waals surface area contributed by atoms with Crippen molar-refractivity contribution in [2.24, 2.45) is 5.10 Å². The van der Waals surface area contributed by atoms with E-state index in [9.17, 15) is 19.7 Å². The van der Waals surface area contributed by atoms with Gasteiger partial charge in [0.15, 0.2) is 0 Å². The number of nitro groups is 1. The number of anilines is 1. The van der Waals surface area contributed by atoms with Crippen LogP contribution < -0.4 is 10.7 Å². The molecule has 0 heterocycles. The van der Waals surface area contributed by atoms with E-state index in [4.69, 9.17) is 11.6 Å². The van der Waals surface area contributed by atoms with Gasteiger partial charge < -0.3 is 5.32 Å². The molecule has 3 aromatic rings. The third-order valence-corrected chi connectivity index (χ3v) is 4.50. The van der Waals surface area contributed by atoms with E-state index in [1.807, 2.05) is 0 Å². The van der Waals surface area contributed by atoms with Crippen LogP contribution in [0.1, 0.15) is 33.2 Å². The predicted octanol–water partition coefficient (Wildman–Crippen LogP) is 4.65. The summed E-state index contributed by atoms with van der Waals surface area (Å²) < 4.78 is 0. The monoisotopic (exact) mass is 436 g/mol. The van der Waals surface area contributed by atoms with Gasteiger partial charge >= 0.3 is 0 Å². The molecule has 0 bridgehead atoms. The Hall–Kier alpha value is -4.04. The van der Waals surface area contributed by atoms with E-state index in [0.717, 1.165) is 0 Å². The minimum atomic E-state index is -0.575. The molecule has 0 fully saturated rings. The second-order valence-corrected chi connectivity index (χ2v) is 6.93. The molecule has 3 aromatic carbocycles. The summed E-state index contributed by atoms with van der Waals surface area (Å²) in [5.74, 6) is -0.887. The van der Waals surface area contributed by atoms with Gasteiger partial charge in [0, 0.05) is 34.0 Å². The minimum absolute atomic E-state index is 0.119. The van der Waals surface area contributed by atoms with Crippen molar-refractivity contribution in [1.82, 2.24) is 5.43 Å². The van der Waals surface area contributed by atoms with E-state index in [-0.39, 0.29) is 17.2 Å². The van der Waals surface area contributed by atoms with Crippen LogP contribution in [0.2, 0.25) is 5.02 Å². The van der Waals surface area contributed by atoms with Gasteiger partial charge in [0.1, 0.15) is 0 Å².